The van der Waals surface area contributed by atoms with Crippen LogP contribution in [0.5, 0.6) is 11.5 Å². The second-order valence-corrected chi connectivity index (χ2v) is 7.93. The molecule has 0 amide bonds. The summed E-state index contributed by atoms with van der Waals surface area (Å²) < 4.78 is 46.6. The van der Waals surface area contributed by atoms with E-state index in [9.17, 15) is 13.2 Å². The number of hydrogen-bond donors (Lipinski definition) is 0. The molecule has 0 unspecified atom stereocenters. The fourth-order valence-electron chi connectivity index (χ4n) is 4.42. The average molecular weight is 422 g/mol. The zero-order valence-corrected chi connectivity index (χ0v) is 16.8. The summed E-state index contributed by atoms with van der Waals surface area (Å²) in [7, 11) is 0. The van der Waals surface area contributed by atoms with E-state index in [-0.39, 0.29) is 12.4 Å². The maximum Gasteiger partial charge on any atom is 0.573 e. The minimum absolute atomic E-state index is 0.240. The van der Waals surface area contributed by atoms with E-state index in [1.54, 1.807) is 12.1 Å². The number of ether oxygens (including phenoxy) is 2. The Morgan fingerprint density at radius 1 is 0.710 bits per heavy atom. The van der Waals surface area contributed by atoms with E-state index >= 15 is 0 Å². The molecule has 1 aliphatic carbocycles. The normalized spacial score (nSPS) is 13.9. The summed E-state index contributed by atoms with van der Waals surface area (Å²) >= 11 is 0. The molecule has 2 nitrogen and oxygen atoms in total. The van der Waals surface area contributed by atoms with Crippen LogP contribution in [-0.4, -0.2) is 6.36 Å². The number of fused-ring (bicyclic) bond motifs is 5. The largest absolute Gasteiger partial charge is 0.573 e. The molecule has 0 saturated heterocycles. The highest BCUT2D eigenvalue weighted by Crippen LogP contribution is 2.34. The molecule has 0 bridgehead atoms. The third kappa shape index (κ3) is 4.18. The topological polar surface area (TPSA) is 18.5 Å². The van der Waals surface area contributed by atoms with Crippen molar-refractivity contribution in [3.63, 3.8) is 0 Å². The van der Waals surface area contributed by atoms with Crippen LogP contribution in [-0.2, 0) is 19.4 Å². The standard InChI is InChI=1S/C26H21F3O2/c27-26(28,29)31-20-9-5-17(6-10-20)16-30-21-11-14-23-19(15-21)8-13-24-22-4-2-1-3-18(22)7-12-25(23)24/h5-15H,1-4,16H2. The second-order valence-electron chi connectivity index (χ2n) is 7.93. The van der Waals surface area contributed by atoms with Gasteiger partial charge in [0.15, 0.2) is 0 Å². The van der Waals surface area contributed by atoms with Crippen LogP contribution in [0.4, 0.5) is 13.2 Å². The van der Waals surface area contributed by atoms with Gasteiger partial charge in [-0.15, -0.1) is 13.2 Å². The van der Waals surface area contributed by atoms with Gasteiger partial charge in [0.2, 0.25) is 0 Å². The van der Waals surface area contributed by atoms with Crippen LogP contribution < -0.4 is 9.47 Å². The number of benzene rings is 4. The quantitative estimate of drug-likeness (QED) is 0.320. The SMILES string of the molecule is FC(F)(F)Oc1ccc(COc2ccc3c(ccc4c5c(ccc43)CCCC5)c2)cc1. The van der Waals surface area contributed by atoms with Crippen molar-refractivity contribution in [1.29, 1.82) is 0 Å². The summed E-state index contributed by atoms with van der Waals surface area (Å²) in [6, 6.07) is 20.6. The summed E-state index contributed by atoms with van der Waals surface area (Å²) in [6.07, 6.45) is 0.142. The Balaban J connectivity index is 1.36. The highest BCUT2D eigenvalue weighted by atomic mass is 19.4. The number of aryl methyl sites for hydroxylation is 2. The summed E-state index contributed by atoms with van der Waals surface area (Å²) in [6.45, 7) is 0.263. The fourth-order valence-corrected chi connectivity index (χ4v) is 4.42. The van der Waals surface area contributed by atoms with Crippen LogP contribution in [0.15, 0.2) is 66.7 Å². The number of hydrogen-bond acceptors (Lipinski definition) is 2. The minimum atomic E-state index is -4.69. The van der Waals surface area contributed by atoms with E-state index in [4.69, 9.17) is 4.74 Å². The summed E-state index contributed by atoms with van der Waals surface area (Å²) in [5, 5.41) is 4.92. The molecule has 0 fully saturated rings. The second kappa shape index (κ2) is 7.80. The van der Waals surface area contributed by atoms with Gasteiger partial charge in [-0.05, 0) is 88.2 Å². The molecule has 0 aliphatic heterocycles. The summed E-state index contributed by atoms with van der Waals surface area (Å²) in [5.74, 6) is 0.483. The van der Waals surface area contributed by atoms with Crippen molar-refractivity contribution >= 4 is 21.5 Å². The number of rotatable bonds is 4. The van der Waals surface area contributed by atoms with Gasteiger partial charge in [0, 0.05) is 0 Å². The number of halogens is 3. The Kier molecular flexibility index (Phi) is 4.97. The van der Waals surface area contributed by atoms with Gasteiger partial charge in [0.05, 0.1) is 0 Å². The van der Waals surface area contributed by atoms with Gasteiger partial charge in [-0.3, -0.25) is 0 Å². The van der Waals surface area contributed by atoms with E-state index in [0.29, 0.717) is 0 Å². The Hall–Kier alpha value is -3.21. The van der Waals surface area contributed by atoms with E-state index in [0.717, 1.165) is 23.1 Å². The molecule has 4 aromatic rings. The van der Waals surface area contributed by atoms with Crippen molar-refractivity contribution in [2.75, 3.05) is 0 Å². The van der Waals surface area contributed by atoms with Gasteiger partial charge in [-0.2, -0.15) is 0 Å². The molecule has 158 valence electrons. The van der Waals surface area contributed by atoms with E-state index in [1.807, 2.05) is 12.1 Å². The smallest absolute Gasteiger partial charge is 0.489 e. The molecule has 0 radical (unpaired) electrons. The highest BCUT2D eigenvalue weighted by Gasteiger charge is 2.30. The molecule has 0 heterocycles. The van der Waals surface area contributed by atoms with Crippen LogP contribution in [0, 0.1) is 0 Å². The lowest BCUT2D eigenvalue weighted by Crippen LogP contribution is -2.17. The van der Waals surface area contributed by atoms with Gasteiger partial charge >= 0.3 is 6.36 Å². The predicted octanol–water partition coefficient (Wildman–Crippen LogP) is 7.35. The van der Waals surface area contributed by atoms with E-state index in [1.165, 1.54) is 58.7 Å². The molecule has 0 N–H and O–H groups in total. The van der Waals surface area contributed by atoms with E-state index in [2.05, 4.69) is 35.1 Å². The average Bonchev–Trinajstić information content (AvgIpc) is 2.77. The van der Waals surface area contributed by atoms with E-state index < -0.39 is 6.36 Å². The first kappa shape index (κ1) is 19.7. The first-order chi connectivity index (χ1) is 15.0. The van der Waals surface area contributed by atoms with Crippen LogP contribution in [0.3, 0.4) is 0 Å². The molecule has 0 aromatic heterocycles. The molecule has 4 aromatic carbocycles. The summed E-state index contributed by atoms with van der Waals surface area (Å²) in [4.78, 5) is 0. The predicted molar refractivity (Wildman–Crippen MR) is 116 cm³/mol. The third-order valence-electron chi connectivity index (χ3n) is 5.88. The van der Waals surface area contributed by atoms with Gasteiger partial charge < -0.3 is 9.47 Å². The zero-order chi connectivity index (χ0) is 21.4. The molecule has 31 heavy (non-hydrogen) atoms. The Morgan fingerprint density at radius 2 is 1.42 bits per heavy atom. The maximum absolute atomic E-state index is 12.3. The Morgan fingerprint density at radius 3 is 2.23 bits per heavy atom. The van der Waals surface area contributed by atoms with Crippen molar-refractivity contribution in [3.05, 3.63) is 83.4 Å². The molecule has 5 rings (SSSR count). The van der Waals surface area contributed by atoms with Crippen LogP contribution in [0.1, 0.15) is 29.5 Å². The number of alkyl halides is 3. The van der Waals surface area contributed by atoms with Crippen molar-refractivity contribution in [2.24, 2.45) is 0 Å². The lowest BCUT2D eigenvalue weighted by molar-refractivity contribution is -0.274. The molecule has 0 saturated carbocycles. The van der Waals surface area contributed by atoms with Gasteiger partial charge in [0.25, 0.3) is 0 Å². The van der Waals surface area contributed by atoms with Crippen molar-refractivity contribution in [2.45, 2.75) is 38.7 Å². The third-order valence-corrected chi connectivity index (χ3v) is 5.88. The van der Waals surface area contributed by atoms with Gasteiger partial charge in [-0.25, -0.2) is 0 Å². The van der Waals surface area contributed by atoms with Crippen molar-refractivity contribution in [3.8, 4) is 11.5 Å². The Bertz CT molecular complexity index is 1240. The summed E-state index contributed by atoms with van der Waals surface area (Å²) in [5.41, 5.74) is 3.73. The monoisotopic (exact) mass is 422 g/mol. The molecule has 5 heteroatoms. The fraction of sp³-hybridized carbons (Fsp3) is 0.231. The minimum Gasteiger partial charge on any atom is -0.489 e. The first-order valence-electron chi connectivity index (χ1n) is 10.4. The van der Waals surface area contributed by atoms with Gasteiger partial charge in [-0.1, -0.05) is 42.5 Å². The lowest BCUT2D eigenvalue weighted by atomic mass is 9.86. The lowest BCUT2D eigenvalue weighted by Gasteiger charge is -2.19. The van der Waals surface area contributed by atoms with Crippen LogP contribution >= 0.6 is 0 Å². The zero-order valence-electron chi connectivity index (χ0n) is 16.8. The van der Waals surface area contributed by atoms with Crippen molar-refractivity contribution < 1.29 is 22.6 Å². The molecule has 0 atom stereocenters. The molecular weight excluding hydrogens is 401 g/mol. The highest BCUT2D eigenvalue weighted by molar-refractivity contribution is 6.09. The maximum atomic E-state index is 12.3. The molecule has 1 aliphatic rings. The Labute approximate surface area is 178 Å². The molecular formula is C26H21F3O2. The first-order valence-corrected chi connectivity index (χ1v) is 10.4. The van der Waals surface area contributed by atoms with Crippen molar-refractivity contribution in [1.82, 2.24) is 0 Å². The van der Waals surface area contributed by atoms with Crippen LogP contribution in [0.2, 0.25) is 0 Å². The van der Waals surface area contributed by atoms with Gasteiger partial charge in [0.1, 0.15) is 18.1 Å². The molecule has 0 spiro atoms. The van der Waals surface area contributed by atoms with Crippen LogP contribution in [0.25, 0.3) is 21.5 Å².